The van der Waals surface area contributed by atoms with Gasteiger partial charge in [-0.25, -0.2) is 17.8 Å². The molecule has 7 nitrogen and oxygen atoms in total. The fraction of sp³-hybridized carbons (Fsp3) is 0.333. The Morgan fingerprint density at radius 3 is 2.28 bits per heavy atom. The highest BCUT2D eigenvalue weighted by Gasteiger charge is 2.18. The predicted octanol–water partition coefficient (Wildman–Crippen LogP) is 3.18. The fourth-order valence-electron chi connectivity index (χ4n) is 3.64. The SMILES string of the molecule is Cc1nn(-c2ccccc2)c(C)c1CC(=O)NCc1ccccc1CS(=O)(=O)NC(C)C. The van der Waals surface area contributed by atoms with Crippen LogP contribution in [0.1, 0.15) is 41.9 Å². The number of nitrogens with zero attached hydrogens (tertiary/aromatic N) is 2. The van der Waals surface area contributed by atoms with Crippen molar-refractivity contribution in [1.82, 2.24) is 19.8 Å². The van der Waals surface area contributed by atoms with E-state index < -0.39 is 10.0 Å². The zero-order valence-corrected chi connectivity index (χ0v) is 19.7. The third-order valence-electron chi connectivity index (χ3n) is 5.13. The lowest BCUT2D eigenvalue weighted by Gasteiger charge is -2.13. The van der Waals surface area contributed by atoms with Gasteiger partial charge in [0.2, 0.25) is 15.9 Å². The lowest BCUT2D eigenvalue weighted by Crippen LogP contribution is -2.32. The van der Waals surface area contributed by atoms with Crippen LogP contribution in [0.2, 0.25) is 0 Å². The molecule has 0 saturated carbocycles. The van der Waals surface area contributed by atoms with Crippen LogP contribution >= 0.6 is 0 Å². The molecule has 32 heavy (non-hydrogen) atoms. The number of amides is 1. The predicted molar refractivity (Wildman–Crippen MR) is 126 cm³/mol. The van der Waals surface area contributed by atoms with Crippen LogP contribution in [-0.2, 0) is 33.5 Å². The van der Waals surface area contributed by atoms with Crippen LogP contribution in [0.5, 0.6) is 0 Å². The molecule has 3 rings (SSSR count). The van der Waals surface area contributed by atoms with Gasteiger partial charge in [-0.1, -0.05) is 42.5 Å². The Bertz CT molecular complexity index is 1190. The summed E-state index contributed by atoms with van der Waals surface area (Å²) >= 11 is 0. The van der Waals surface area contributed by atoms with Crippen molar-refractivity contribution >= 4 is 15.9 Å². The highest BCUT2D eigenvalue weighted by Crippen LogP contribution is 2.19. The van der Waals surface area contributed by atoms with Gasteiger partial charge in [0, 0.05) is 23.8 Å². The fourth-order valence-corrected chi connectivity index (χ4v) is 5.14. The number of carbonyl (C=O) groups is 1. The summed E-state index contributed by atoms with van der Waals surface area (Å²) in [6.45, 7) is 7.69. The summed E-state index contributed by atoms with van der Waals surface area (Å²) in [5.41, 5.74) is 5.03. The maximum Gasteiger partial charge on any atom is 0.224 e. The number of hydrogen-bond donors (Lipinski definition) is 2. The van der Waals surface area contributed by atoms with Gasteiger partial charge in [-0.15, -0.1) is 0 Å². The highest BCUT2D eigenvalue weighted by atomic mass is 32.2. The summed E-state index contributed by atoms with van der Waals surface area (Å²) in [7, 11) is -3.45. The number of rotatable bonds is 9. The molecule has 8 heteroatoms. The van der Waals surface area contributed by atoms with Gasteiger partial charge in [-0.05, 0) is 51.0 Å². The molecule has 170 valence electrons. The number of nitrogens with one attached hydrogen (secondary N) is 2. The molecule has 0 fully saturated rings. The lowest BCUT2D eigenvalue weighted by atomic mass is 10.1. The van der Waals surface area contributed by atoms with Crippen LogP contribution in [0, 0.1) is 13.8 Å². The summed E-state index contributed by atoms with van der Waals surface area (Å²) in [5.74, 6) is -0.263. The second-order valence-electron chi connectivity index (χ2n) is 8.15. The van der Waals surface area contributed by atoms with Gasteiger partial charge in [-0.2, -0.15) is 5.10 Å². The van der Waals surface area contributed by atoms with E-state index in [9.17, 15) is 13.2 Å². The first kappa shape index (κ1) is 23.7. The van der Waals surface area contributed by atoms with E-state index in [4.69, 9.17) is 0 Å². The molecule has 1 aromatic heterocycles. The standard InChI is InChI=1S/C24H30N4O3S/c1-17(2)27-32(30,31)16-21-11-9-8-10-20(21)15-25-24(29)14-23-18(3)26-28(19(23)4)22-12-6-5-7-13-22/h5-13,17,27H,14-16H2,1-4H3,(H,25,29). The van der Waals surface area contributed by atoms with Gasteiger partial charge < -0.3 is 5.32 Å². The third kappa shape index (κ3) is 6.05. The van der Waals surface area contributed by atoms with Crippen LogP contribution in [0.15, 0.2) is 54.6 Å². The summed E-state index contributed by atoms with van der Waals surface area (Å²) < 4.78 is 29.1. The second kappa shape index (κ2) is 10.1. The zero-order chi connectivity index (χ0) is 23.3. The van der Waals surface area contributed by atoms with Crippen molar-refractivity contribution in [2.45, 2.75) is 52.5 Å². The Labute approximate surface area is 189 Å². The maximum absolute atomic E-state index is 12.7. The normalized spacial score (nSPS) is 11.7. The van der Waals surface area contributed by atoms with Gasteiger partial charge in [0.1, 0.15) is 0 Å². The second-order valence-corrected chi connectivity index (χ2v) is 9.90. The van der Waals surface area contributed by atoms with Crippen molar-refractivity contribution in [3.63, 3.8) is 0 Å². The number of sulfonamides is 1. The number of aromatic nitrogens is 2. The molecule has 0 aliphatic heterocycles. The molecule has 0 atom stereocenters. The van der Waals surface area contributed by atoms with E-state index in [0.29, 0.717) is 5.56 Å². The zero-order valence-electron chi connectivity index (χ0n) is 18.9. The molecule has 1 amide bonds. The highest BCUT2D eigenvalue weighted by molar-refractivity contribution is 7.88. The summed E-state index contributed by atoms with van der Waals surface area (Å²) in [6.07, 6.45) is 0.208. The first-order valence-electron chi connectivity index (χ1n) is 10.6. The summed E-state index contributed by atoms with van der Waals surface area (Å²) in [4.78, 5) is 12.7. The molecule has 0 aliphatic carbocycles. The Morgan fingerprint density at radius 2 is 1.62 bits per heavy atom. The Morgan fingerprint density at radius 1 is 1.00 bits per heavy atom. The van der Waals surface area contributed by atoms with Crippen molar-refractivity contribution in [3.8, 4) is 5.69 Å². The molecule has 0 spiro atoms. The van der Waals surface area contributed by atoms with E-state index in [-0.39, 0.29) is 30.7 Å². The van der Waals surface area contributed by atoms with Crippen molar-refractivity contribution in [1.29, 1.82) is 0 Å². The van der Waals surface area contributed by atoms with Crippen LogP contribution in [0.4, 0.5) is 0 Å². The smallest absolute Gasteiger partial charge is 0.224 e. The van der Waals surface area contributed by atoms with E-state index in [1.54, 1.807) is 26.0 Å². The maximum atomic E-state index is 12.7. The van der Waals surface area contributed by atoms with Crippen molar-refractivity contribution in [2.75, 3.05) is 0 Å². The molecule has 0 aliphatic rings. The Hall–Kier alpha value is -2.97. The summed E-state index contributed by atoms with van der Waals surface area (Å²) in [6, 6.07) is 16.9. The third-order valence-corrected chi connectivity index (χ3v) is 6.66. The van der Waals surface area contributed by atoms with Gasteiger partial charge in [-0.3, -0.25) is 4.79 Å². The van der Waals surface area contributed by atoms with Crippen LogP contribution in [-0.4, -0.2) is 30.1 Å². The van der Waals surface area contributed by atoms with E-state index in [1.807, 2.05) is 61.0 Å². The van der Waals surface area contributed by atoms with Crippen molar-refractivity contribution < 1.29 is 13.2 Å². The van der Waals surface area contributed by atoms with E-state index in [2.05, 4.69) is 15.1 Å². The van der Waals surface area contributed by atoms with Gasteiger partial charge >= 0.3 is 0 Å². The molecule has 0 saturated heterocycles. The average molecular weight is 455 g/mol. The van der Waals surface area contributed by atoms with Gasteiger partial charge in [0.25, 0.3) is 0 Å². The minimum absolute atomic E-state index is 0.126. The quantitative estimate of drug-likeness (QED) is 0.519. The van der Waals surface area contributed by atoms with Crippen molar-refractivity contribution in [2.24, 2.45) is 0 Å². The first-order valence-corrected chi connectivity index (χ1v) is 12.3. The minimum atomic E-state index is -3.45. The topological polar surface area (TPSA) is 93.1 Å². The number of aryl methyl sites for hydroxylation is 1. The van der Waals surface area contributed by atoms with Crippen molar-refractivity contribution in [3.05, 3.63) is 82.7 Å². The van der Waals surface area contributed by atoms with E-state index >= 15 is 0 Å². The lowest BCUT2D eigenvalue weighted by molar-refractivity contribution is -0.120. The van der Waals surface area contributed by atoms with Crippen LogP contribution < -0.4 is 10.0 Å². The molecule has 3 aromatic rings. The monoisotopic (exact) mass is 454 g/mol. The summed E-state index contributed by atoms with van der Waals surface area (Å²) in [5, 5.41) is 7.52. The minimum Gasteiger partial charge on any atom is -0.352 e. The molecular weight excluding hydrogens is 424 g/mol. The average Bonchev–Trinajstić information content (AvgIpc) is 3.01. The Kier molecular flexibility index (Phi) is 7.48. The molecule has 2 aromatic carbocycles. The molecule has 2 N–H and O–H groups in total. The number of benzene rings is 2. The molecule has 1 heterocycles. The molecular formula is C24H30N4O3S. The van der Waals surface area contributed by atoms with Crippen LogP contribution in [0.3, 0.4) is 0 Å². The Balaban J connectivity index is 1.69. The van der Waals surface area contributed by atoms with Crippen LogP contribution in [0.25, 0.3) is 5.69 Å². The van der Waals surface area contributed by atoms with E-state index in [1.165, 1.54) is 0 Å². The molecule has 0 unspecified atom stereocenters. The largest absolute Gasteiger partial charge is 0.352 e. The molecule has 0 bridgehead atoms. The molecule has 0 radical (unpaired) electrons. The number of hydrogen-bond acceptors (Lipinski definition) is 4. The first-order chi connectivity index (χ1) is 15.2. The number of para-hydroxylation sites is 1. The van der Waals surface area contributed by atoms with Gasteiger partial charge in [0.15, 0.2) is 0 Å². The number of carbonyl (C=O) groups excluding carboxylic acids is 1. The van der Waals surface area contributed by atoms with E-state index in [0.717, 1.165) is 28.2 Å². The van der Waals surface area contributed by atoms with Gasteiger partial charge in [0.05, 0.1) is 23.6 Å².